The molecule has 4 rings (SSSR count). The van der Waals surface area contributed by atoms with Crippen molar-refractivity contribution < 1.29 is 13.2 Å². The highest BCUT2D eigenvalue weighted by atomic mass is 32.2. The minimum absolute atomic E-state index is 0.204. The third kappa shape index (κ3) is 6.16. The molecule has 1 aromatic heterocycles. The van der Waals surface area contributed by atoms with E-state index in [-0.39, 0.29) is 10.8 Å². The predicted molar refractivity (Wildman–Crippen MR) is 140 cm³/mol. The number of sulfonamides is 1. The van der Waals surface area contributed by atoms with E-state index in [2.05, 4.69) is 39.5 Å². The van der Waals surface area contributed by atoms with Crippen LogP contribution in [0.25, 0.3) is 0 Å². The molecule has 3 aromatic rings. The smallest absolute Gasteiger partial charge is 0.257 e. The molecule has 2 heterocycles. The Morgan fingerprint density at radius 1 is 1.11 bits per heavy atom. The fourth-order valence-electron chi connectivity index (χ4n) is 4.16. The molecule has 0 aliphatic carbocycles. The van der Waals surface area contributed by atoms with Crippen molar-refractivity contribution in [1.29, 1.82) is 0 Å². The van der Waals surface area contributed by atoms with Crippen molar-refractivity contribution in [2.24, 2.45) is 0 Å². The Morgan fingerprint density at radius 2 is 1.86 bits per heavy atom. The van der Waals surface area contributed by atoms with Crippen LogP contribution in [0.1, 0.15) is 53.2 Å². The maximum absolute atomic E-state index is 12.9. The largest absolute Gasteiger partial charge is 0.298 e. The van der Waals surface area contributed by atoms with Crippen molar-refractivity contribution in [3.05, 3.63) is 76.3 Å². The average Bonchev–Trinajstić information content (AvgIpc) is 3.26. The fourth-order valence-corrected chi connectivity index (χ4v) is 6.69. The van der Waals surface area contributed by atoms with Crippen molar-refractivity contribution in [3.63, 3.8) is 0 Å². The Bertz CT molecular complexity index is 1240. The summed E-state index contributed by atoms with van der Waals surface area (Å²) in [6, 6.07) is 16.5. The molecular formula is C26H32N4O3S2. The van der Waals surface area contributed by atoms with Gasteiger partial charge in [0.05, 0.1) is 10.6 Å². The maximum atomic E-state index is 12.9. The Labute approximate surface area is 211 Å². The number of nitrogens with one attached hydrogen (secondary N) is 1. The number of anilines is 1. The van der Waals surface area contributed by atoms with Gasteiger partial charge in [0, 0.05) is 49.6 Å². The molecule has 1 N–H and O–H groups in total. The van der Waals surface area contributed by atoms with Crippen LogP contribution in [-0.2, 0) is 29.5 Å². The molecule has 0 atom stereocenters. The molecule has 1 aliphatic heterocycles. The first-order valence-electron chi connectivity index (χ1n) is 12.1. The molecule has 35 heavy (non-hydrogen) atoms. The first-order valence-corrected chi connectivity index (χ1v) is 14.3. The molecule has 0 spiro atoms. The standard InChI is InChI=1S/C26H32N4O3S2/c1-3-5-16-30(4-2)35(32,33)22-13-11-21(12-14-22)25(31)28-26-27-23-15-17-29(19-24(23)34-26)18-20-9-7-6-8-10-20/h6-14H,3-5,15-19H2,1-2H3,(H,27,28,31). The number of fused-ring (bicyclic) bond motifs is 1. The zero-order valence-electron chi connectivity index (χ0n) is 20.2. The van der Waals surface area contributed by atoms with E-state index in [0.717, 1.165) is 44.6 Å². The van der Waals surface area contributed by atoms with Crippen LogP contribution in [0.15, 0.2) is 59.5 Å². The van der Waals surface area contributed by atoms with E-state index in [1.807, 2.05) is 19.9 Å². The summed E-state index contributed by atoms with van der Waals surface area (Å²) in [5.74, 6) is -0.292. The van der Waals surface area contributed by atoms with Gasteiger partial charge in [-0.2, -0.15) is 4.31 Å². The molecule has 0 radical (unpaired) electrons. The maximum Gasteiger partial charge on any atom is 0.257 e. The molecule has 7 nitrogen and oxygen atoms in total. The molecule has 0 unspecified atom stereocenters. The number of rotatable bonds is 10. The van der Waals surface area contributed by atoms with Gasteiger partial charge in [-0.1, -0.05) is 50.6 Å². The first-order chi connectivity index (χ1) is 16.9. The van der Waals surface area contributed by atoms with Gasteiger partial charge >= 0.3 is 0 Å². The molecule has 1 amide bonds. The van der Waals surface area contributed by atoms with E-state index in [1.54, 1.807) is 12.1 Å². The van der Waals surface area contributed by atoms with E-state index < -0.39 is 10.0 Å². The summed E-state index contributed by atoms with van der Waals surface area (Å²) in [5, 5.41) is 3.47. The SMILES string of the molecule is CCCCN(CC)S(=O)(=O)c1ccc(C(=O)Nc2nc3c(s2)CN(Cc2ccccc2)CC3)cc1. The number of carbonyl (C=O) groups is 1. The fraction of sp³-hybridized carbons (Fsp3) is 0.385. The van der Waals surface area contributed by atoms with Gasteiger partial charge in [0.25, 0.3) is 5.91 Å². The lowest BCUT2D eigenvalue weighted by atomic mass is 10.1. The molecule has 0 fully saturated rings. The number of unbranched alkanes of at least 4 members (excludes halogenated alkanes) is 1. The molecule has 186 valence electrons. The quantitative estimate of drug-likeness (QED) is 0.423. The third-order valence-electron chi connectivity index (χ3n) is 6.15. The van der Waals surface area contributed by atoms with Crippen LogP contribution < -0.4 is 5.32 Å². The van der Waals surface area contributed by atoms with Crippen molar-refractivity contribution in [3.8, 4) is 0 Å². The summed E-state index contributed by atoms with van der Waals surface area (Å²) in [6.07, 6.45) is 2.60. The second-order valence-electron chi connectivity index (χ2n) is 8.66. The van der Waals surface area contributed by atoms with Gasteiger partial charge in [-0.25, -0.2) is 13.4 Å². The number of aromatic nitrogens is 1. The van der Waals surface area contributed by atoms with Gasteiger partial charge in [-0.15, -0.1) is 11.3 Å². The molecule has 0 saturated heterocycles. The Hall–Kier alpha value is -2.59. The zero-order valence-corrected chi connectivity index (χ0v) is 21.9. The summed E-state index contributed by atoms with van der Waals surface area (Å²) in [7, 11) is -3.57. The lowest BCUT2D eigenvalue weighted by Gasteiger charge is -2.25. The highest BCUT2D eigenvalue weighted by Crippen LogP contribution is 2.29. The van der Waals surface area contributed by atoms with Crippen molar-refractivity contribution in [2.45, 2.75) is 51.1 Å². The van der Waals surface area contributed by atoms with Crippen LogP contribution in [0.4, 0.5) is 5.13 Å². The van der Waals surface area contributed by atoms with Gasteiger partial charge in [-0.05, 0) is 36.2 Å². The zero-order chi connectivity index (χ0) is 24.8. The topological polar surface area (TPSA) is 82.6 Å². The van der Waals surface area contributed by atoms with Crippen LogP contribution in [0.2, 0.25) is 0 Å². The van der Waals surface area contributed by atoms with Crippen molar-refractivity contribution >= 4 is 32.4 Å². The second kappa shape index (κ2) is 11.4. The van der Waals surface area contributed by atoms with Crippen LogP contribution >= 0.6 is 11.3 Å². The van der Waals surface area contributed by atoms with E-state index in [1.165, 1.54) is 38.2 Å². The van der Waals surface area contributed by atoms with E-state index in [0.29, 0.717) is 23.8 Å². The van der Waals surface area contributed by atoms with Crippen molar-refractivity contribution in [2.75, 3.05) is 25.0 Å². The molecule has 0 saturated carbocycles. The number of hydrogen-bond acceptors (Lipinski definition) is 6. The summed E-state index contributed by atoms with van der Waals surface area (Å²) in [4.78, 5) is 21.2. The van der Waals surface area contributed by atoms with E-state index in [4.69, 9.17) is 0 Å². The number of amides is 1. The number of carbonyl (C=O) groups excluding carboxylic acids is 1. The molecular weight excluding hydrogens is 480 g/mol. The van der Waals surface area contributed by atoms with Crippen molar-refractivity contribution in [1.82, 2.24) is 14.2 Å². The minimum Gasteiger partial charge on any atom is -0.298 e. The van der Waals surface area contributed by atoms with Crippen LogP contribution in [0.3, 0.4) is 0 Å². The van der Waals surface area contributed by atoms with Gasteiger partial charge in [0.15, 0.2) is 5.13 Å². The molecule has 0 bridgehead atoms. The Kier molecular flexibility index (Phi) is 8.33. The number of nitrogens with zero attached hydrogens (tertiary/aromatic N) is 3. The Morgan fingerprint density at radius 3 is 2.54 bits per heavy atom. The Balaban J connectivity index is 1.39. The van der Waals surface area contributed by atoms with Gasteiger partial charge in [-0.3, -0.25) is 15.0 Å². The number of benzene rings is 2. The minimum atomic E-state index is -3.57. The summed E-state index contributed by atoms with van der Waals surface area (Å²) in [5.41, 5.74) is 2.73. The second-order valence-corrected chi connectivity index (χ2v) is 11.7. The number of thiazole rings is 1. The van der Waals surface area contributed by atoms with E-state index >= 15 is 0 Å². The van der Waals surface area contributed by atoms with Crippen LogP contribution in [0, 0.1) is 0 Å². The van der Waals surface area contributed by atoms with Gasteiger partial charge < -0.3 is 0 Å². The van der Waals surface area contributed by atoms with E-state index in [9.17, 15) is 13.2 Å². The molecule has 9 heteroatoms. The average molecular weight is 513 g/mol. The normalized spacial score (nSPS) is 14.1. The van der Waals surface area contributed by atoms with Crippen LogP contribution in [0.5, 0.6) is 0 Å². The lowest BCUT2D eigenvalue weighted by Crippen LogP contribution is -2.31. The van der Waals surface area contributed by atoms with Crippen LogP contribution in [-0.4, -0.2) is 48.1 Å². The first kappa shape index (κ1) is 25.5. The predicted octanol–water partition coefficient (Wildman–Crippen LogP) is 4.76. The highest BCUT2D eigenvalue weighted by molar-refractivity contribution is 7.89. The lowest BCUT2D eigenvalue weighted by molar-refractivity contribution is 0.102. The summed E-state index contributed by atoms with van der Waals surface area (Å²) >= 11 is 1.51. The summed E-state index contributed by atoms with van der Waals surface area (Å²) < 4.78 is 27.3. The highest BCUT2D eigenvalue weighted by Gasteiger charge is 2.24. The monoisotopic (exact) mass is 512 g/mol. The number of hydrogen-bond donors (Lipinski definition) is 1. The third-order valence-corrected chi connectivity index (χ3v) is 9.13. The summed E-state index contributed by atoms with van der Waals surface area (Å²) in [6.45, 7) is 7.43. The molecule has 2 aromatic carbocycles. The van der Waals surface area contributed by atoms with Gasteiger partial charge in [0.1, 0.15) is 0 Å². The van der Waals surface area contributed by atoms with Gasteiger partial charge in [0.2, 0.25) is 10.0 Å². The molecule has 1 aliphatic rings.